The van der Waals surface area contributed by atoms with Crippen LogP contribution >= 0.6 is 11.6 Å². The summed E-state index contributed by atoms with van der Waals surface area (Å²) in [7, 11) is 1.57. The third-order valence-corrected chi connectivity index (χ3v) is 2.28. The van der Waals surface area contributed by atoms with E-state index in [2.05, 4.69) is 0 Å². The van der Waals surface area contributed by atoms with Gasteiger partial charge in [-0.1, -0.05) is 0 Å². The molecule has 76 valence electrons. The Bertz CT molecular complexity index is 299. The van der Waals surface area contributed by atoms with Crippen LogP contribution in [0.3, 0.4) is 0 Å². The van der Waals surface area contributed by atoms with Crippen molar-refractivity contribution in [2.45, 2.75) is 5.38 Å². The quantitative estimate of drug-likeness (QED) is 0.457. The first-order valence-electron chi connectivity index (χ1n) is 4.14. The zero-order valence-corrected chi connectivity index (χ0v) is 8.49. The highest BCUT2D eigenvalue weighted by atomic mass is 35.5. The van der Waals surface area contributed by atoms with E-state index in [4.69, 9.17) is 16.9 Å². The minimum absolute atomic E-state index is 0.108. The van der Waals surface area contributed by atoms with Crippen molar-refractivity contribution in [3.63, 3.8) is 0 Å². The molecule has 0 aromatic carbocycles. The number of alkyl halides is 1. The van der Waals surface area contributed by atoms with Gasteiger partial charge in [-0.15, -0.1) is 11.6 Å². The third kappa shape index (κ3) is 2.15. The Morgan fingerprint density at radius 1 is 1.50 bits per heavy atom. The number of hydrogen-bond acceptors (Lipinski definition) is 3. The molecule has 0 bridgehead atoms. The van der Waals surface area contributed by atoms with E-state index in [1.807, 2.05) is 0 Å². The predicted octanol–water partition coefficient (Wildman–Crippen LogP) is -0.582. The number of hydrogen-bond donors (Lipinski definition) is 0. The van der Waals surface area contributed by atoms with E-state index >= 15 is 0 Å². The maximum absolute atomic E-state index is 11.4. The normalized spacial score (nSPS) is 19.5. The molecule has 14 heavy (non-hydrogen) atoms. The van der Waals surface area contributed by atoms with Crippen LogP contribution in [-0.4, -0.2) is 53.7 Å². The number of halogens is 1. The lowest BCUT2D eigenvalue weighted by atomic mass is 10.3. The van der Waals surface area contributed by atoms with Gasteiger partial charge in [0.05, 0.1) is 12.6 Å². The smallest absolute Gasteiger partial charge is 0.312 e. The molecule has 1 saturated heterocycles. The van der Waals surface area contributed by atoms with Gasteiger partial charge in [-0.2, -0.15) is 5.26 Å². The van der Waals surface area contributed by atoms with Crippen LogP contribution in [0.1, 0.15) is 0 Å². The van der Waals surface area contributed by atoms with Crippen molar-refractivity contribution in [2.24, 2.45) is 0 Å². The first-order valence-corrected chi connectivity index (χ1v) is 4.58. The fraction of sp³-hybridized carbons (Fsp3) is 0.625. The van der Waals surface area contributed by atoms with Gasteiger partial charge in [0, 0.05) is 20.1 Å². The Kier molecular flexibility index (Phi) is 3.31. The van der Waals surface area contributed by atoms with Crippen molar-refractivity contribution in [3.05, 3.63) is 0 Å². The van der Waals surface area contributed by atoms with Gasteiger partial charge in [0.1, 0.15) is 5.38 Å². The number of piperazine rings is 1. The van der Waals surface area contributed by atoms with Gasteiger partial charge < -0.3 is 9.80 Å². The summed E-state index contributed by atoms with van der Waals surface area (Å²) >= 11 is 5.57. The molecule has 0 saturated carbocycles. The summed E-state index contributed by atoms with van der Waals surface area (Å²) in [5.74, 6) is -1.13. The molecule has 5 nitrogen and oxygen atoms in total. The summed E-state index contributed by atoms with van der Waals surface area (Å²) in [5.41, 5.74) is 0. The molecule has 1 rings (SSSR count). The second-order valence-corrected chi connectivity index (χ2v) is 3.60. The average Bonchev–Trinajstić information content (AvgIpc) is 2.19. The van der Waals surface area contributed by atoms with Gasteiger partial charge in [-0.3, -0.25) is 9.59 Å². The molecule has 0 aliphatic carbocycles. The lowest BCUT2D eigenvalue weighted by molar-refractivity contribution is -0.154. The van der Waals surface area contributed by atoms with Crippen molar-refractivity contribution in [1.82, 2.24) is 9.80 Å². The van der Waals surface area contributed by atoms with Crippen LogP contribution in [0, 0.1) is 11.3 Å². The molecular formula is C8H10ClN3O2. The average molecular weight is 216 g/mol. The highest BCUT2D eigenvalue weighted by molar-refractivity contribution is 6.35. The summed E-state index contributed by atoms with van der Waals surface area (Å²) in [6.07, 6.45) is 0. The number of rotatable bonds is 2. The molecule has 1 unspecified atom stereocenters. The largest absolute Gasteiger partial charge is 0.336 e. The molecule has 6 heteroatoms. The predicted molar refractivity (Wildman–Crippen MR) is 49.5 cm³/mol. The highest BCUT2D eigenvalue weighted by Gasteiger charge is 2.31. The van der Waals surface area contributed by atoms with Crippen LogP contribution in [0.25, 0.3) is 0 Å². The van der Waals surface area contributed by atoms with Crippen LogP contribution in [0.4, 0.5) is 0 Å². The molecule has 0 aromatic heterocycles. The Morgan fingerprint density at radius 3 is 2.71 bits per heavy atom. The molecule has 1 atom stereocenters. The van der Waals surface area contributed by atoms with Crippen molar-refractivity contribution >= 4 is 23.4 Å². The highest BCUT2D eigenvalue weighted by Crippen LogP contribution is 2.06. The van der Waals surface area contributed by atoms with Crippen LogP contribution in [-0.2, 0) is 9.59 Å². The number of nitrogens with zero attached hydrogens (tertiary/aromatic N) is 3. The molecule has 0 spiro atoms. The zero-order valence-electron chi connectivity index (χ0n) is 7.73. The van der Waals surface area contributed by atoms with Gasteiger partial charge >= 0.3 is 11.8 Å². The molecule has 1 heterocycles. The van der Waals surface area contributed by atoms with Crippen LogP contribution < -0.4 is 0 Å². The van der Waals surface area contributed by atoms with Gasteiger partial charge in [0.25, 0.3) is 0 Å². The molecule has 1 aliphatic heterocycles. The number of nitriles is 1. The molecule has 0 N–H and O–H groups in total. The van der Waals surface area contributed by atoms with Crippen molar-refractivity contribution in [3.8, 4) is 6.07 Å². The molecular weight excluding hydrogens is 206 g/mol. The second kappa shape index (κ2) is 4.29. The number of carbonyl (C=O) groups is 2. The van der Waals surface area contributed by atoms with E-state index in [0.29, 0.717) is 13.1 Å². The minimum Gasteiger partial charge on any atom is -0.336 e. The maximum Gasteiger partial charge on any atom is 0.312 e. The Morgan fingerprint density at radius 2 is 2.14 bits per heavy atom. The fourth-order valence-corrected chi connectivity index (χ4v) is 1.35. The standard InChI is InChI=1S/C8H10ClN3O2/c1-11-2-3-12(5-6(9)4-10)8(14)7(11)13/h6H,2-3,5H2,1H3. The van der Waals surface area contributed by atoms with Crippen molar-refractivity contribution in [1.29, 1.82) is 5.26 Å². The van der Waals surface area contributed by atoms with Gasteiger partial charge in [0.15, 0.2) is 0 Å². The fourth-order valence-electron chi connectivity index (χ4n) is 1.18. The Labute approximate surface area is 86.8 Å². The van der Waals surface area contributed by atoms with Gasteiger partial charge in [0.2, 0.25) is 0 Å². The van der Waals surface area contributed by atoms with E-state index in [0.717, 1.165) is 0 Å². The maximum atomic E-state index is 11.4. The molecule has 0 radical (unpaired) electrons. The van der Waals surface area contributed by atoms with Gasteiger partial charge in [-0.05, 0) is 0 Å². The van der Waals surface area contributed by atoms with E-state index in [9.17, 15) is 9.59 Å². The van der Waals surface area contributed by atoms with Crippen LogP contribution in [0.15, 0.2) is 0 Å². The monoisotopic (exact) mass is 215 g/mol. The Balaban J connectivity index is 2.61. The lowest BCUT2D eigenvalue weighted by Crippen LogP contribution is -2.53. The summed E-state index contributed by atoms with van der Waals surface area (Å²) in [6, 6.07) is 1.81. The number of carbonyl (C=O) groups excluding carboxylic acids is 2. The van der Waals surface area contributed by atoms with E-state index in [1.54, 1.807) is 13.1 Å². The number of amides is 2. The first kappa shape index (κ1) is 10.8. The summed E-state index contributed by atoms with van der Waals surface area (Å²) in [5, 5.41) is 7.70. The van der Waals surface area contributed by atoms with Crippen molar-refractivity contribution in [2.75, 3.05) is 26.7 Å². The zero-order chi connectivity index (χ0) is 10.7. The van der Waals surface area contributed by atoms with E-state index < -0.39 is 17.2 Å². The van der Waals surface area contributed by atoms with Crippen LogP contribution in [0.5, 0.6) is 0 Å². The topological polar surface area (TPSA) is 64.4 Å². The lowest BCUT2D eigenvalue weighted by Gasteiger charge is -2.31. The summed E-state index contributed by atoms with van der Waals surface area (Å²) in [6.45, 7) is 1.03. The summed E-state index contributed by atoms with van der Waals surface area (Å²) in [4.78, 5) is 25.2. The van der Waals surface area contributed by atoms with E-state index in [1.165, 1.54) is 9.80 Å². The third-order valence-electron chi connectivity index (χ3n) is 2.04. The van der Waals surface area contributed by atoms with Gasteiger partial charge in [-0.25, -0.2) is 0 Å². The Hall–Kier alpha value is -1.28. The molecule has 1 fully saturated rings. The SMILES string of the molecule is CN1CCN(CC(Cl)C#N)C(=O)C1=O. The van der Waals surface area contributed by atoms with Crippen molar-refractivity contribution < 1.29 is 9.59 Å². The van der Waals surface area contributed by atoms with E-state index in [-0.39, 0.29) is 6.54 Å². The molecule has 1 aliphatic rings. The van der Waals surface area contributed by atoms with Crippen LogP contribution in [0.2, 0.25) is 0 Å². The first-order chi connectivity index (χ1) is 6.56. The minimum atomic E-state index is -0.754. The molecule has 0 aromatic rings. The number of likely N-dealkylation sites (N-methyl/N-ethyl adjacent to an activating group) is 1. The molecule has 2 amide bonds. The summed E-state index contributed by atoms with van der Waals surface area (Å²) < 4.78 is 0. The second-order valence-electron chi connectivity index (χ2n) is 3.07.